The number of furan rings is 1. The number of imidazole rings is 1. The van der Waals surface area contributed by atoms with Gasteiger partial charge < -0.3 is 9.40 Å². The van der Waals surface area contributed by atoms with Crippen molar-refractivity contribution in [2.75, 3.05) is 0 Å². The summed E-state index contributed by atoms with van der Waals surface area (Å²) in [6, 6.07) is 10.2. The zero-order valence-corrected chi connectivity index (χ0v) is 10.2. The second-order valence-electron chi connectivity index (χ2n) is 4.15. The van der Waals surface area contributed by atoms with E-state index >= 15 is 0 Å². The third-order valence-electron chi connectivity index (χ3n) is 3.03. The van der Waals surface area contributed by atoms with E-state index in [1.54, 1.807) is 12.5 Å². The highest BCUT2D eigenvalue weighted by Gasteiger charge is 2.11. The van der Waals surface area contributed by atoms with Gasteiger partial charge in [0, 0.05) is 23.5 Å². The Hall–Kier alpha value is -2.29. The molecule has 90 valence electrons. The predicted molar refractivity (Wildman–Crippen MR) is 71.1 cm³/mol. The van der Waals surface area contributed by atoms with Crippen LogP contribution in [0.4, 0.5) is 0 Å². The van der Waals surface area contributed by atoms with Gasteiger partial charge in [0.05, 0.1) is 6.26 Å². The van der Waals surface area contributed by atoms with Crippen LogP contribution in [-0.4, -0.2) is 9.97 Å². The van der Waals surface area contributed by atoms with Crippen LogP contribution in [0.2, 0.25) is 0 Å². The molecule has 0 bridgehead atoms. The summed E-state index contributed by atoms with van der Waals surface area (Å²) in [6.45, 7) is 2.15. The lowest BCUT2D eigenvalue weighted by molar-refractivity contribution is 0.582. The molecule has 0 radical (unpaired) electrons. The number of nitrogens with zero attached hydrogens (tertiary/aromatic N) is 1. The molecule has 0 amide bonds. The first-order valence-electron chi connectivity index (χ1n) is 6.05. The average molecular weight is 238 g/mol. The van der Waals surface area contributed by atoms with Gasteiger partial charge in [0.15, 0.2) is 0 Å². The SMILES string of the molecule is CCc1ccc(-c2ccco2)c(-c2ncc[nH]2)c1. The Kier molecular flexibility index (Phi) is 2.73. The quantitative estimate of drug-likeness (QED) is 0.751. The number of hydrogen-bond acceptors (Lipinski definition) is 2. The third kappa shape index (κ3) is 1.84. The van der Waals surface area contributed by atoms with E-state index in [9.17, 15) is 0 Å². The van der Waals surface area contributed by atoms with Gasteiger partial charge in [-0.2, -0.15) is 0 Å². The number of hydrogen-bond donors (Lipinski definition) is 1. The monoisotopic (exact) mass is 238 g/mol. The van der Waals surface area contributed by atoms with Crippen LogP contribution in [0.1, 0.15) is 12.5 Å². The highest BCUT2D eigenvalue weighted by Crippen LogP contribution is 2.31. The Morgan fingerprint density at radius 2 is 2.17 bits per heavy atom. The summed E-state index contributed by atoms with van der Waals surface area (Å²) >= 11 is 0. The van der Waals surface area contributed by atoms with Crippen molar-refractivity contribution in [1.29, 1.82) is 0 Å². The maximum Gasteiger partial charge on any atom is 0.138 e. The Balaban J connectivity index is 2.19. The van der Waals surface area contributed by atoms with E-state index in [-0.39, 0.29) is 0 Å². The van der Waals surface area contributed by atoms with E-state index in [0.29, 0.717) is 0 Å². The summed E-state index contributed by atoms with van der Waals surface area (Å²) in [5.41, 5.74) is 3.43. The molecule has 18 heavy (non-hydrogen) atoms. The summed E-state index contributed by atoms with van der Waals surface area (Å²) in [4.78, 5) is 7.49. The van der Waals surface area contributed by atoms with Crippen LogP contribution in [-0.2, 0) is 6.42 Å². The van der Waals surface area contributed by atoms with E-state index in [2.05, 4.69) is 35.1 Å². The van der Waals surface area contributed by atoms with Crippen LogP contribution in [0.5, 0.6) is 0 Å². The lowest BCUT2D eigenvalue weighted by Crippen LogP contribution is -1.89. The van der Waals surface area contributed by atoms with Crippen molar-refractivity contribution in [3.05, 3.63) is 54.6 Å². The highest BCUT2D eigenvalue weighted by molar-refractivity contribution is 5.78. The van der Waals surface area contributed by atoms with Gasteiger partial charge in [0.2, 0.25) is 0 Å². The van der Waals surface area contributed by atoms with Crippen LogP contribution < -0.4 is 0 Å². The summed E-state index contributed by atoms with van der Waals surface area (Å²) in [6.07, 6.45) is 6.29. The van der Waals surface area contributed by atoms with Crippen LogP contribution >= 0.6 is 0 Å². The molecule has 0 atom stereocenters. The molecule has 1 aromatic carbocycles. The van der Waals surface area contributed by atoms with Crippen molar-refractivity contribution in [2.24, 2.45) is 0 Å². The molecule has 2 aromatic heterocycles. The van der Waals surface area contributed by atoms with Gasteiger partial charge in [0.1, 0.15) is 11.6 Å². The Morgan fingerprint density at radius 1 is 1.22 bits per heavy atom. The van der Waals surface area contributed by atoms with Crippen molar-refractivity contribution >= 4 is 0 Å². The molecular formula is C15H14N2O. The zero-order chi connectivity index (χ0) is 12.4. The Morgan fingerprint density at radius 3 is 2.83 bits per heavy atom. The fourth-order valence-electron chi connectivity index (χ4n) is 2.07. The Bertz CT molecular complexity index is 625. The minimum absolute atomic E-state index is 0.865. The van der Waals surface area contributed by atoms with Gasteiger partial charge in [-0.05, 0) is 30.2 Å². The molecule has 2 heterocycles. The fourth-order valence-corrected chi connectivity index (χ4v) is 2.07. The number of aromatic nitrogens is 2. The van der Waals surface area contributed by atoms with E-state index < -0.39 is 0 Å². The van der Waals surface area contributed by atoms with Crippen LogP contribution in [0, 0.1) is 0 Å². The molecule has 0 fully saturated rings. The van der Waals surface area contributed by atoms with Crippen molar-refractivity contribution in [3.63, 3.8) is 0 Å². The molecule has 0 unspecified atom stereocenters. The summed E-state index contributed by atoms with van der Waals surface area (Å²) in [5.74, 6) is 1.74. The van der Waals surface area contributed by atoms with Crippen LogP contribution in [0.3, 0.4) is 0 Å². The van der Waals surface area contributed by atoms with Crippen molar-refractivity contribution in [2.45, 2.75) is 13.3 Å². The Labute approximate surface area is 105 Å². The number of aromatic amines is 1. The van der Waals surface area contributed by atoms with Crippen LogP contribution in [0.15, 0.2) is 53.4 Å². The standard InChI is InChI=1S/C15H14N2O/c1-2-11-5-6-12(14-4-3-9-18-14)13(10-11)15-16-7-8-17-15/h3-10H,2H2,1H3,(H,16,17). The lowest BCUT2D eigenvalue weighted by atomic mass is 10.0. The molecular weight excluding hydrogens is 224 g/mol. The highest BCUT2D eigenvalue weighted by atomic mass is 16.3. The van der Waals surface area contributed by atoms with Gasteiger partial charge >= 0.3 is 0 Å². The smallest absolute Gasteiger partial charge is 0.138 e. The van der Waals surface area contributed by atoms with Gasteiger partial charge in [-0.1, -0.05) is 19.1 Å². The molecule has 3 heteroatoms. The minimum atomic E-state index is 0.865. The van der Waals surface area contributed by atoms with Gasteiger partial charge in [-0.3, -0.25) is 0 Å². The lowest BCUT2D eigenvalue weighted by Gasteiger charge is -2.07. The molecule has 3 aromatic rings. The third-order valence-corrected chi connectivity index (χ3v) is 3.03. The first kappa shape index (κ1) is 10.8. The second-order valence-corrected chi connectivity index (χ2v) is 4.15. The van der Waals surface area contributed by atoms with Crippen molar-refractivity contribution < 1.29 is 4.42 Å². The summed E-state index contributed by atoms with van der Waals surface area (Å²) < 4.78 is 5.49. The number of H-pyrrole nitrogens is 1. The first-order valence-corrected chi connectivity index (χ1v) is 6.05. The molecule has 0 saturated heterocycles. The van der Waals surface area contributed by atoms with E-state index in [0.717, 1.165) is 29.1 Å². The number of nitrogens with one attached hydrogen (secondary N) is 1. The maximum atomic E-state index is 5.49. The minimum Gasteiger partial charge on any atom is -0.464 e. The topological polar surface area (TPSA) is 41.8 Å². The number of rotatable bonds is 3. The molecule has 0 saturated carbocycles. The average Bonchev–Trinajstić information content (AvgIpc) is 3.11. The van der Waals surface area contributed by atoms with E-state index in [1.165, 1.54) is 5.56 Å². The van der Waals surface area contributed by atoms with E-state index in [1.807, 2.05) is 18.3 Å². The second kappa shape index (κ2) is 4.53. The molecule has 0 aliphatic rings. The molecule has 0 spiro atoms. The normalized spacial score (nSPS) is 10.7. The van der Waals surface area contributed by atoms with Crippen LogP contribution in [0.25, 0.3) is 22.7 Å². The van der Waals surface area contributed by atoms with Crippen molar-refractivity contribution in [3.8, 4) is 22.7 Å². The van der Waals surface area contributed by atoms with Crippen molar-refractivity contribution in [1.82, 2.24) is 9.97 Å². The molecule has 0 aliphatic heterocycles. The zero-order valence-electron chi connectivity index (χ0n) is 10.2. The molecule has 1 N–H and O–H groups in total. The van der Waals surface area contributed by atoms with Gasteiger partial charge in [0.25, 0.3) is 0 Å². The number of aryl methyl sites for hydroxylation is 1. The summed E-state index contributed by atoms with van der Waals surface area (Å²) in [5, 5.41) is 0. The number of benzene rings is 1. The van der Waals surface area contributed by atoms with Gasteiger partial charge in [-0.25, -0.2) is 4.98 Å². The van der Waals surface area contributed by atoms with Gasteiger partial charge in [-0.15, -0.1) is 0 Å². The molecule has 0 aliphatic carbocycles. The first-order chi connectivity index (χ1) is 8.88. The molecule has 3 rings (SSSR count). The predicted octanol–water partition coefficient (Wildman–Crippen LogP) is 3.90. The maximum absolute atomic E-state index is 5.49. The van der Waals surface area contributed by atoms with E-state index in [4.69, 9.17) is 4.42 Å². The molecule has 3 nitrogen and oxygen atoms in total. The summed E-state index contributed by atoms with van der Waals surface area (Å²) in [7, 11) is 0. The largest absolute Gasteiger partial charge is 0.464 e. The fraction of sp³-hybridized carbons (Fsp3) is 0.133.